The summed E-state index contributed by atoms with van der Waals surface area (Å²) in [6, 6.07) is 4.78. The van der Waals surface area contributed by atoms with Gasteiger partial charge in [0.15, 0.2) is 0 Å². The number of piperazine rings is 1. The van der Waals surface area contributed by atoms with Gasteiger partial charge in [-0.3, -0.25) is 9.69 Å². The molecule has 0 radical (unpaired) electrons. The van der Waals surface area contributed by atoms with Crippen LogP contribution in [-0.4, -0.2) is 29.4 Å². The molecular weight excluding hydrogens is 233 g/mol. The van der Waals surface area contributed by atoms with Crippen LogP contribution in [0.15, 0.2) is 18.2 Å². The topological polar surface area (TPSA) is 58.4 Å². The van der Waals surface area contributed by atoms with Crippen molar-refractivity contribution in [3.8, 4) is 0 Å². The van der Waals surface area contributed by atoms with E-state index in [0.717, 1.165) is 12.1 Å². The first-order valence-electron chi connectivity index (χ1n) is 5.98. The van der Waals surface area contributed by atoms with Crippen LogP contribution in [0.4, 0.5) is 10.1 Å². The van der Waals surface area contributed by atoms with Crippen molar-refractivity contribution in [2.24, 2.45) is 0 Å². The van der Waals surface area contributed by atoms with Crippen molar-refractivity contribution < 1.29 is 9.18 Å². The number of nitrogens with one attached hydrogen (secondary N) is 1. The summed E-state index contributed by atoms with van der Waals surface area (Å²) in [6.07, 6.45) is 0. The number of nitrogen functional groups attached to an aromatic ring is 1. The summed E-state index contributed by atoms with van der Waals surface area (Å²) in [5.74, 6) is -0.406. The predicted molar refractivity (Wildman–Crippen MR) is 68.3 cm³/mol. The maximum Gasteiger partial charge on any atom is 0.240 e. The largest absolute Gasteiger partial charge is 0.396 e. The Balaban J connectivity index is 2.17. The Bertz CT molecular complexity index is 473. The third kappa shape index (κ3) is 2.31. The molecule has 1 aromatic rings. The van der Waals surface area contributed by atoms with E-state index in [1.165, 1.54) is 6.07 Å². The van der Waals surface area contributed by atoms with Crippen LogP contribution in [0.5, 0.6) is 0 Å². The molecule has 0 spiro atoms. The van der Waals surface area contributed by atoms with Crippen molar-refractivity contribution in [1.29, 1.82) is 0 Å². The molecule has 0 aromatic heterocycles. The zero-order chi connectivity index (χ0) is 13.3. The van der Waals surface area contributed by atoms with E-state index >= 15 is 0 Å². The normalized spacial score (nSPS) is 19.6. The Morgan fingerprint density at radius 1 is 1.50 bits per heavy atom. The minimum absolute atomic E-state index is 0.00432. The van der Waals surface area contributed by atoms with Gasteiger partial charge in [-0.1, -0.05) is 6.07 Å². The molecule has 98 valence electrons. The number of nitrogens with two attached hydrogens (primary N) is 1. The van der Waals surface area contributed by atoms with Crippen molar-refractivity contribution in [3.63, 3.8) is 0 Å². The van der Waals surface area contributed by atoms with Crippen LogP contribution in [0, 0.1) is 5.82 Å². The SMILES string of the molecule is CC1(C)C(=O)NCCN1Cc1ccc(N)c(F)c1. The van der Waals surface area contributed by atoms with E-state index < -0.39 is 11.4 Å². The molecule has 0 atom stereocenters. The Hall–Kier alpha value is -1.62. The molecule has 2 rings (SSSR count). The molecule has 4 nitrogen and oxygen atoms in total. The average molecular weight is 251 g/mol. The highest BCUT2D eigenvalue weighted by Crippen LogP contribution is 2.21. The van der Waals surface area contributed by atoms with Crippen molar-refractivity contribution >= 4 is 11.6 Å². The van der Waals surface area contributed by atoms with Gasteiger partial charge in [-0.25, -0.2) is 4.39 Å². The number of benzene rings is 1. The number of carbonyl (C=O) groups excluding carboxylic acids is 1. The number of anilines is 1. The van der Waals surface area contributed by atoms with Crippen LogP contribution in [0.2, 0.25) is 0 Å². The van der Waals surface area contributed by atoms with Gasteiger partial charge in [-0.05, 0) is 31.5 Å². The number of hydrogen-bond donors (Lipinski definition) is 2. The molecule has 1 heterocycles. The van der Waals surface area contributed by atoms with Crippen LogP contribution in [0.3, 0.4) is 0 Å². The van der Waals surface area contributed by atoms with Crippen molar-refractivity contribution in [1.82, 2.24) is 10.2 Å². The van der Waals surface area contributed by atoms with Gasteiger partial charge in [0.05, 0.1) is 11.2 Å². The highest BCUT2D eigenvalue weighted by atomic mass is 19.1. The molecule has 0 unspecified atom stereocenters. The third-order valence-electron chi connectivity index (χ3n) is 3.45. The highest BCUT2D eigenvalue weighted by molar-refractivity contribution is 5.86. The second-order valence-corrected chi connectivity index (χ2v) is 5.09. The third-order valence-corrected chi connectivity index (χ3v) is 3.45. The molecule has 18 heavy (non-hydrogen) atoms. The number of amides is 1. The summed E-state index contributed by atoms with van der Waals surface area (Å²) in [7, 11) is 0. The van der Waals surface area contributed by atoms with Gasteiger partial charge >= 0.3 is 0 Å². The quantitative estimate of drug-likeness (QED) is 0.774. The lowest BCUT2D eigenvalue weighted by Crippen LogP contribution is -2.61. The summed E-state index contributed by atoms with van der Waals surface area (Å²) in [4.78, 5) is 13.8. The summed E-state index contributed by atoms with van der Waals surface area (Å²) in [5.41, 5.74) is 5.84. The summed E-state index contributed by atoms with van der Waals surface area (Å²) in [6.45, 7) is 5.66. The fourth-order valence-electron chi connectivity index (χ4n) is 2.11. The van der Waals surface area contributed by atoms with Crippen molar-refractivity contribution in [3.05, 3.63) is 29.6 Å². The lowest BCUT2D eigenvalue weighted by atomic mass is 9.98. The molecule has 1 aromatic carbocycles. The van der Waals surface area contributed by atoms with E-state index in [-0.39, 0.29) is 11.6 Å². The summed E-state index contributed by atoms with van der Waals surface area (Å²) in [5, 5.41) is 2.83. The second-order valence-electron chi connectivity index (χ2n) is 5.09. The van der Waals surface area contributed by atoms with E-state index in [1.54, 1.807) is 12.1 Å². The van der Waals surface area contributed by atoms with Crippen molar-refractivity contribution in [2.45, 2.75) is 25.9 Å². The van der Waals surface area contributed by atoms with Gasteiger partial charge < -0.3 is 11.1 Å². The standard InChI is InChI=1S/C13H18FN3O/c1-13(2)12(18)16-5-6-17(13)8-9-3-4-11(15)10(14)7-9/h3-4,7H,5-6,8,15H2,1-2H3,(H,16,18). The zero-order valence-corrected chi connectivity index (χ0v) is 10.7. The number of nitrogens with zero attached hydrogens (tertiary/aromatic N) is 1. The molecule has 0 bridgehead atoms. The number of hydrogen-bond acceptors (Lipinski definition) is 3. The Kier molecular flexibility index (Phi) is 3.26. The van der Waals surface area contributed by atoms with Gasteiger partial charge in [0.25, 0.3) is 0 Å². The van der Waals surface area contributed by atoms with Gasteiger partial charge in [0, 0.05) is 19.6 Å². The molecular formula is C13H18FN3O. The Morgan fingerprint density at radius 2 is 2.22 bits per heavy atom. The van der Waals surface area contributed by atoms with Crippen LogP contribution in [0.25, 0.3) is 0 Å². The zero-order valence-electron chi connectivity index (χ0n) is 10.7. The molecule has 1 amide bonds. The molecule has 1 aliphatic heterocycles. The second kappa shape index (κ2) is 4.57. The lowest BCUT2D eigenvalue weighted by Gasteiger charge is -2.41. The van der Waals surface area contributed by atoms with Gasteiger partial charge in [-0.2, -0.15) is 0 Å². The van der Waals surface area contributed by atoms with Crippen LogP contribution >= 0.6 is 0 Å². The highest BCUT2D eigenvalue weighted by Gasteiger charge is 2.37. The summed E-state index contributed by atoms with van der Waals surface area (Å²) >= 11 is 0. The predicted octanol–water partition coefficient (Wildman–Crippen LogP) is 1.12. The Labute approximate surface area is 106 Å². The van der Waals surface area contributed by atoms with E-state index in [0.29, 0.717) is 13.1 Å². The fourth-order valence-corrected chi connectivity index (χ4v) is 2.11. The number of carbonyl (C=O) groups is 1. The number of rotatable bonds is 2. The molecule has 0 saturated carbocycles. The maximum absolute atomic E-state index is 13.4. The van der Waals surface area contributed by atoms with E-state index in [2.05, 4.69) is 5.32 Å². The van der Waals surface area contributed by atoms with E-state index in [9.17, 15) is 9.18 Å². The monoisotopic (exact) mass is 251 g/mol. The molecule has 1 aliphatic rings. The van der Waals surface area contributed by atoms with Gasteiger partial charge in [0.1, 0.15) is 5.82 Å². The number of halogens is 1. The lowest BCUT2D eigenvalue weighted by molar-refractivity contribution is -0.135. The Morgan fingerprint density at radius 3 is 2.89 bits per heavy atom. The minimum atomic E-state index is -0.573. The van der Waals surface area contributed by atoms with E-state index in [1.807, 2.05) is 18.7 Å². The molecule has 0 aliphatic carbocycles. The minimum Gasteiger partial charge on any atom is -0.396 e. The maximum atomic E-state index is 13.4. The van der Waals surface area contributed by atoms with Gasteiger partial charge in [-0.15, -0.1) is 0 Å². The first-order valence-corrected chi connectivity index (χ1v) is 5.98. The van der Waals surface area contributed by atoms with Crippen LogP contribution < -0.4 is 11.1 Å². The first-order chi connectivity index (χ1) is 8.41. The molecule has 3 N–H and O–H groups in total. The van der Waals surface area contributed by atoms with E-state index in [4.69, 9.17) is 5.73 Å². The van der Waals surface area contributed by atoms with Crippen molar-refractivity contribution in [2.75, 3.05) is 18.8 Å². The van der Waals surface area contributed by atoms with Crippen LogP contribution in [-0.2, 0) is 11.3 Å². The first kappa shape index (κ1) is 12.8. The molecule has 1 fully saturated rings. The molecule has 1 saturated heterocycles. The average Bonchev–Trinajstić information content (AvgIpc) is 2.30. The summed E-state index contributed by atoms with van der Waals surface area (Å²) < 4.78 is 13.4. The molecule has 5 heteroatoms. The smallest absolute Gasteiger partial charge is 0.240 e. The van der Waals surface area contributed by atoms with Crippen LogP contribution in [0.1, 0.15) is 19.4 Å². The fraction of sp³-hybridized carbons (Fsp3) is 0.462. The van der Waals surface area contributed by atoms with Gasteiger partial charge in [0.2, 0.25) is 5.91 Å².